The predicted molar refractivity (Wildman–Crippen MR) is 40.5 cm³/mol. The van der Waals surface area contributed by atoms with Crippen molar-refractivity contribution in [2.24, 2.45) is 0 Å². The van der Waals surface area contributed by atoms with Gasteiger partial charge in [-0.1, -0.05) is 0 Å². The first kappa shape index (κ1) is 9.14. The molecule has 0 atom stereocenters. The molecule has 56 valence electrons. The summed E-state index contributed by atoms with van der Waals surface area (Å²) in [7, 11) is -2.29. The lowest BCUT2D eigenvalue weighted by molar-refractivity contribution is 0.0901. The van der Waals surface area contributed by atoms with Crippen molar-refractivity contribution < 1.29 is 9.22 Å². The van der Waals surface area contributed by atoms with Crippen LogP contribution in [-0.4, -0.2) is 19.0 Å². The van der Waals surface area contributed by atoms with Crippen LogP contribution < -0.4 is 0 Å². The van der Waals surface area contributed by atoms with Gasteiger partial charge in [0.2, 0.25) is 0 Å². The Morgan fingerprint density at radius 3 is 1.56 bits per heavy atom. The average molecular weight is 148 g/mol. The SMILES string of the molecule is CC(C)(C)O[Si](C)(C)O. The highest BCUT2D eigenvalue weighted by atomic mass is 28.4. The summed E-state index contributed by atoms with van der Waals surface area (Å²) < 4.78 is 5.32. The van der Waals surface area contributed by atoms with E-state index in [0.29, 0.717) is 0 Å². The maximum atomic E-state index is 9.27. The first-order valence-electron chi connectivity index (χ1n) is 3.13. The maximum Gasteiger partial charge on any atom is 0.329 e. The Bertz CT molecular complexity index is 76.2. The predicted octanol–water partition coefficient (Wildman–Crippen LogP) is 1.50. The summed E-state index contributed by atoms with van der Waals surface area (Å²) in [6.07, 6.45) is 0. The van der Waals surface area contributed by atoms with E-state index in [9.17, 15) is 4.80 Å². The van der Waals surface area contributed by atoms with Gasteiger partial charge < -0.3 is 9.22 Å². The Morgan fingerprint density at radius 1 is 1.22 bits per heavy atom. The van der Waals surface area contributed by atoms with E-state index in [2.05, 4.69) is 0 Å². The lowest BCUT2D eigenvalue weighted by Crippen LogP contribution is -2.39. The molecule has 0 aromatic carbocycles. The molecule has 0 rings (SSSR count). The number of hydrogen-bond donors (Lipinski definition) is 1. The van der Waals surface area contributed by atoms with Crippen molar-refractivity contribution in [2.45, 2.75) is 39.5 Å². The van der Waals surface area contributed by atoms with E-state index >= 15 is 0 Å². The van der Waals surface area contributed by atoms with Gasteiger partial charge in [0.05, 0.1) is 5.60 Å². The Labute approximate surface area is 58.1 Å². The molecule has 0 aromatic heterocycles. The summed E-state index contributed by atoms with van der Waals surface area (Å²) in [5.41, 5.74) is -0.204. The number of hydrogen-bond acceptors (Lipinski definition) is 2. The Hall–Kier alpha value is 0.137. The van der Waals surface area contributed by atoms with Gasteiger partial charge in [0, 0.05) is 0 Å². The Morgan fingerprint density at radius 2 is 1.56 bits per heavy atom. The lowest BCUT2D eigenvalue weighted by atomic mass is 10.2. The third-order valence-electron chi connectivity index (χ3n) is 0.556. The van der Waals surface area contributed by atoms with Gasteiger partial charge in [0.25, 0.3) is 0 Å². The summed E-state index contributed by atoms with van der Waals surface area (Å²) in [4.78, 5) is 9.27. The summed E-state index contributed by atoms with van der Waals surface area (Å²) in [5, 5.41) is 0. The first-order chi connectivity index (χ1) is 3.71. The van der Waals surface area contributed by atoms with Crippen LogP contribution in [0.1, 0.15) is 20.8 Å². The molecule has 0 aromatic rings. The highest BCUT2D eigenvalue weighted by molar-refractivity contribution is 6.63. The molecule has 0 heterocycles. The molecule has 0 aliphatic carbocycles. The van der Waals surface area contributed by atoms with Crippen LogP contribution in [0.25, 0.3) is 0 Å². The van der Waals surface area contributed by atoms with Crippen molar-refractivity contribution in [1.29, 1.82) is 0 Å². The van der Waals surface area contributed by atoms with E-state index in [-0.39, 0.29) is 5.60 Å². The van der Waals surface area contributed by atoms with Crippen LogP contribution in [0.4, 0.5) is 0 Å². The molecule has 0 unspecified atom stereocenters. The standard InChI is InChI=1S/C6H16O2Si/c1-6(2,3)8-9(4,5)7/h7H,1-5H3. The van der Waals surface area contributed by atoms with Crippen LogP contribution in [-0.2, 0) is 4.43 Å². The van der Waals surface area contributed by atoms with E-state index in [1.807, 2.05) is 20.8 Å². The Kier molecular flexibility index (Phi) is 2.44. The molecule has 0 aliphatic heterocycles. The fourth-order valence-corrected chi connectivity index (χ4v) is 2.25. The molecule has 0 fully saturated rings. The third kappa shape index (κ3) is 8.14. The normalized spacial score (nSPS) is 14.0. The van der Waals surface area contributed by atoms with Crippen LogP contribution in [0.5, 0.6) is 0 Å². The van der Waals surface area contributed by atoms with E-state index in [0.717, 1.165) is 0 Å². The highest BCUT2D eigenvalue weighted by Crippen LogP contribution is 2.13. The lowest BCUT2D eigenvalue weighted by Gasteiger charge is -2.27. The van der Waals surface area contributed by atoms with Crippen LogP contribution in [0.2, 0.25) is 13.1 Å². The molecular formula is C6H16O2Si. The molecule has 0 amide bonds. The monoisotopic (exact) mass is 148 g/mol. The van der Waals surface area contributed by atoms with Crippen LogP contribution in [0, 0.1) is 0 Å². The smallest absolute Gasteiger partial charge is 0.329 e. The van der Waals surface area contributed by atoms with Crippen molar-refractivity contribution in [2.75, 3.05) is 0 Å². The highest BCUT2D eigenvalue weighted by Gasteiger charge is 2.25. The molecule has 0 radical (unpaired) electrons. The van der Waals surface area contributed by atoms with Crippen LogP contribution in [0.15, 0.2) is 0 Å². The second-order valence-corrected chi connectivity index (χ2v) is 6.76. The van der Waals surface area contributed by atoms with Gasteiger partial charge in [-0.05, 0) is 33.9 Å². The largest absolute Gasteiger partial charge is 0.411 e. The van der Waals surface area contributed by atoms with Gasteiger partial charge in [-0.25, -0.2) is 0 Å². The molecule has 9 heavy (non-hydrogen) atoms. The van der Waals surface area contributed by atoms with E-state index in [4.69, 9.17) is 4.43 Å². The summed E-state index contributed by atoms with van der Waals surface area (Å²) in [5.74, 6) is 0. The molecule has 0 aliphatic rings. The molecule has 0 saturated carbocycles. The second-order valence-electron chi connectivity index (χ2n) is 3.66. The second kappa shape index (κ2) is 2.40. The zero-order valence-electron chi connectivity index (χ0n) is 6.86. The molecule has 0 spiro atoms. The van der Waals surface area contributed by atoms with Crippen molar-refractivity contribution in [1.82, 2.24) is 0 Å². The molecule has 0 saturated heterocycles. The minimum atomic E-state index is -2.29. The molecule has 2 nitrogen and oxygen atoms in total. The van der Waals surface area contributed by atoms with Crippen molar-refractivity contribution >= 4 is 8.56 Å². The van der Waals surface area contributed by atoms with E-state index < -0.39 is 8.56 Å². The summed E-state index contributed by atoms with van der Waals surface area (Å²) >= 11 is 0. The molecular weight excluding hydrogens is 132 g/mol. The minimum Gasteiger partial charge on any atom is -0.411 e. The third-order valence-corrected chi connectivity index (χ3v) is 1.67. The van der Waals surface area contributed by atoms with Crippen molar-refractivity contribution in [3.63, 3.8) is 0 Å². The topological polar surface area (TPSA) is 29.5 Å². The maximum absolute atomic E-state index is 9.27. The van der Waals surface area contributed by atoms with E-state index in [1.54, 1.807) is 13.1 Å². The van der Waals surface area contributed by atoms with Crippen LogP contribution >= 0.6 is 0 Å². The van der Waals surface area contributed by atoms with Gasteiger partial charge in [0.1, 0.15) is 0 Å². The fraction of sp³-hybridized carbons (Fsp3) is 1.00. The Balaban J connectivity index is 3.75. The van der Waals surface area contributed by atoms with Crippen LogP contribution in [0.3, 0.4) is 0 Å². The molecule has 0 bridgehead atoms. The zero-order chi connectivity index (χ0) is 7.71. The summed E-state index contributed by atoms with van der Waals surface area (Å²) in [6, 6.07) is 0. The van der Waals surface area contributed by atoms with Gasteiger partial charge in [-0.3, -0.25) is 0 Å². The van der Waals surface area contributed by atoms with Gasteiger partial charge in [-0.2, -0.15) is 0 Å². The van der Waals surface area contributed by atoms with Crippen molar-refractivity contribution in [3.05, 3.63) is 0 Å². The zero-order valence-corrected chi connectivity index (χ0v) is 7.86. The van der Waals surface area contributed by atoms with E-state index in [1.165, 1.54) is 0 Å². The minimum absolute atomic E-state index is 0.204. The van der Waals surface area contributed by atoms with Gasteiger partial charge in [0.15, 0.2) is 0 Å². The number of rotatable bonds is 1. The first-order valence-corrected chi connectivity index (χ1v) is 5.99. The van der Waals surface area contributed by atoms with Crippen molar-refractivity contribution in [3.8, 4) is 0 Å². The molecule has 1 N–H and O–H groups in total. The summed E-state index contributed by atoms with van der Waals surface area (Å²) in [6.45, 7) is 9.35. The average Bonchev–Trinajstić information content (AvgIpc) is 1.14. The quantitative estimate of drug-likeness (QED) is 0.571. The molecule has 3 heteroatoms. The van der Waals surface area contributed by atoms with Gasteiger partial charge >= 0.3 is 8.56 Å². The van der Waals surface area contributed by atoms with Gasteiger partial charge in [-0.15, -0.1) is 0 Å². The fourth-order valence-electron chi connectivity index (χ4n) is 0.749.